The maximum atomic E-state index is 9.56. The molecule has 0 heterocycles. The molecule has 1 aliphatic carbocycles. The van der Waals surface area contributed by atoms with Crippen LogP contribution in [-0.4, -0.2) is 17.8 Å². The topological polar surface area (TPSA) is 29.5 Å². The van der Waals surface area contributed by atoms with E-state index < -0.39 is 6.10 Å². The van der Waals surface area contributed by atoms with Gasteiger partial charge in [0.25, 0.3) is 0 Å². The van der Waals surface area contributed by atoms with Crippen LogP contribution in [0.5, 0.6) is 0 Å². The molecule has 1 unspecified atom stereocenters. The third-order valence-electron chi connectivity index (χ3n) is 2.17. The van der Waals surface area contributed by atoms with E-state index in [-0.39, 0.29) is 0 Å². The predicted octanol–water partition coefficient (Wildman–Crippen LogP) is 2.01. The lowest BCUT2D eigenvalue weighted by Crippen LogP contribution is -2.17. The van der Waals surface area contributed by atoms with Gasteiger partial charge in [0.05, 0.1) is 6.61 Å². The second-order valence-electron chi connectivity index (χ2n) is 3.16. The number of allylic oxidation sites excluding steroid dienone is 2. The number of hydrogen-bond acceptors (Lipinski definition) is 2. The minimum atomic E-state index is -0.436. The lowest BCUT2D eigenvalue weighted by molar-refractivity contribution is 0.105. The molecule has 0 aromatic rings. The van der Waals surface area contributed by atoms with Gasteiger partial charge in [-0.05, 0) is 32.4 Å². The zero-order valence-electron chi connectivity index (χ0n) is 7.92. The minimum Gasteiger partial charge on any atom is -0.495 e. The molecular weight excluding hydrogens is 152 g/mol. The van der Waals surface area contributed by atoms with Crippen LogP contribution in [0, 0.1) is 0 Å². The van der Waals surface area contributed by atoms with Crippen LogP contribution >= 0.6 is 0 Å². The Morgan fingerprint density at radius 2 is 2.25 bits per heavy atom. The van der Waals surface area contributed by atoms with Gasteiger partial charge in [-0.2, -0.15) is 0 Å². The van der Waals surface area contributed by atoms with Gasteiger partial charge in [0, 0.05) is 6.42 Å². The molecule has 12 heavy (non-hydrogen) atoms. The maximum Gasteiger partial charge on any atom is 0.125 e. The van der Waals surface area contributed by atoms with Gasteiger partial charge in [-0.1, -0.05) is 5.57 Å². The second-order valence-corrected chi connectivity index (χ2v) is 3.16. The lowest BCUT2D eigenvalue weighted by atomic mass is 9.97. The van der Waals surface area contributed by atoms with Crippen molar-refractivity contribution in [1.29, 1.82) is 0 Å². The number of ether oxygens (including phenoxy) is 1. The molecule has 0 spiro atoms. The van der Waals surface area contributed by atoms with Gasteiger partial charge >= 0.3 is 0 Å². The summed E-state index contributed by atoms with van der Waals surface area (Å²) < 4.78 is 5.29. The highest BCUT2D eigenvalue weighted by atomic mass is 16.5. The summed E-state index contributed by atoms with van der Waals surface area (Å²) in [5.74, 6) is 0.709. The van der Waals surface area contributed by atoms with Crippen LogP contribution in [0.2, 0.25) is 0 Å². The average molecular weight is 168 g/mol. The first-order chi connectivity index (χ1) is 5.65. The second kappa shape index (κ2) is 3.76. The fourth-order valence-corrected chi connectivity index (χ4v) is 1.29. The van der Waals surface area contributed by atoms with Crippen molar-refractivity contribution in [2.45, 2.75) is 33.3 Å². The molecule has 0 amide bonds. The standard InChI is InChI=1S/C10H16O2/c1-4-12-10-6-8(3)7(2)5-9(10)11/h6,9,11H,4-5H2,1-3H3. The van der Waals surface area contributed by atoms with Crippen LogP contribution in [0.3, 0.4) is 0 Å². The van der Waals surface area contributed by atoms with Crippen molar-refractivity contribution in [2.24, 2.45) is 0 Å². The quantitative estimate of drug-likeness (QED) is 0.683. The molecule has 0 aromatic heterocycles. The molecule has 2 heteroatoms. The third-order valence-corrected chi connectivity index (χ3v) is 2.17. The van der Waals surface area contributed by atoms with Crippen LogP contribution in [0.15, 0.2) is 23.0 Å². The zero-order valence-corrected chi connectivity index (χ0v) is 7.92. The van der Waals surface area contributed by atoms with E-state index in [4.69, 9.17) is 4.74 Å². The van der Waals surface area contributed by atoms with Crippen LogP contribution in [0.1, 0.15) is 27.2 Å². The highest BCUT2D eigenvalue weighted by molar-refractivity contribution is 5.31. The molecule has 0 saturated heterocycles. The summed E-state index contributed by atoms with van der Waals surface area (Å²) >= 11 is 0. The summed E-state index contributed by atoms with van der Waals surface area (Å²) in [6, 6.07) is 0. The number of rotatable bonds is 2. The maximum absolute atomic E-state index is 9.56. The van der Waals surface area contributed by atoms with Crippen molar-refractivity contribution in [2.75, 3.05) is 6.61 Å². The minimum absolute atomic E-state index is 0.436. The highest BCUT2D eigenvalue weighted by Gasteiger charge is 2.17. The SMILES string of the molecule is CCOC1=CC(C)=C(C)CC1O. The molecule has 1 aliphatic rings. The molecule has 0 fully saturated rings. The Bertz CT molecular complexity index is 226. The number of hydrogen-bond donors (Lipinski definition) is 1. The van der Waals surface area contributed by atoms with E-state index in [1.165, 1.54) is 11.1 Å². The van der Waals surface area contributed by atoms with E-state index in [1.54, 1.807) is 0 Å². The van der Waals surface area contributed by atoms with Gasteiger partial charge in [-0.15, -0.1) is 0 Å². The van der Waals surface area contributed by atoms with Crippen molar-refractivity contribution in [3.8, 4) is 0 Å². The van der Waals surface area contributed by atoms with Crippen LogP contribution in [-0.2, 0) is 4.74 Å². The van der Waals surface area contributed by atoms with Gasteiger partial charge in [-0.3, -0.25) is 0 Å². The van der Waals surface area contributed by atoms with E-state index in [0.717, 1.165) is 0 Å². The van der Waals surface area contributed by atoms with E-state index >= 15 is 0 Å². The van der Waals surface area contributed by atoms with E-state index in [9.17, 15) is 5.11 Å². The fourth-order valence-electron chi connectivity index (χ4n) is 1.29. The van der Waals surface area contributed by atoms with E-state index in [0.29, 0.717) is 18.8 Å². The Labute approximate surface area is 73.5 Å². The van der Waals surface area contributed by atoms with Gasteiger partial charge in [0.2, 0.25) is 0 Å². The van der Waals surface area contributed by atoms with E-state index in [2.05, 4.69) is 0 Å². The molecule has 0 aromatic carbocycles. The summed E-state index contributed by atoms with van der Waals surface area (Å²) in [6.45, 7) is 6.63. The molecule has 1 atom stereocenters. The summed E-state index contributed by atoms with van der Waals surface area (Å²) in [5.41, 5.74) is 2.45. The van der Waals surface area contributed by atoms with Gasteiger partial charge in [0.15, 0.2) is 0 Å². The predicted molar refractivity (Wildman–Crippen MR) is 48.7 cm³/mol. The van der Waals surface area contributed by atoms with E-state index in [1.807, 2.05) is 26.8 Å². The van der Waals surface area contributed by atoms with Gasteiger partial charge in [-0.25, -0.2) is 0 Å². The lowest BCUT2D eigenvalue weighted by Gasteiger charge is -2.21. The molecular formula is C10H16O2. The Balaban J connectivity index is 2.78. The first-order valence-corrected chi connectivity index (χ1v) is 4.34. The van der Waals surface area contributed by atoms with Crippen molar-refractivity contribution in [3.05, 3.63) is 23.0 Å². The molecule has 68 valence electrons. The largest absolute Gasteiger partial charge is 0.495 e. The van der Waals surface area contributed by atoms with Crippen molar-refractivity contribution in [1.82, 2.24) is 0 Å². The Morgan fingerprint density at radius 1 is 1.58 bits per heavy atom. The van der Waals surface area contributed by atoms with Gasteiger partial charge in [0.1, 0.15) is 11.9 Å². The van der Waals surface area contributed by atoms with Crippen molar-refractivity contribution in [3.63, 3.8) is 0 Å². The third kappa shape index (κ3) is 1.89. The Hall–Kier alpha value is -0.760. The van der Waals surface area contributed by atoms with Crippen LogP contribution < -0.4 is 0 Å². The molecule has 0 saturated carbocycles. The van der Waals surface area contributed by atoms with Crippen LogP contribution in [0.25, 0.3) is 0 Å². The smallest absolute Gasteiger partial charge is 0.125 e. The highest BCUT2D eigenvalue weighted by Crippen LogP contribution is 2.24. The summed E-state index contributed by atoms with van der Waals surface area (Å²) in [6.07, 6.45) is 2.19. The molecule has 0 aliphatic heterocycles. The van der Waals surface area contributed by atoms with Crippen molar-refractivity contribution >= 4 is 0 Å². The normalized spacial score (nSPS) is 24.0. The fraction of sp³-hybridized carbons (Fsp3) is 0.600. The summed E-state index contributed by atoms with van der Waals surface area (Å²) in [5, 5.41) is 9.56. The van der Waals surface area contributed by atoms with Crippen LogP contribution in [0.4, 0.5) is 0 Å². The number of aliphatic hydroxyl groups is 1. The van der Waals surface area contributed by atoms with Crippen molar-refractivity contribution < 1.29 is 9.84 Å². The first-order valence-electron chi connectivity index (χ1n) is 4.34. The summed E-state index contributed by atoms with van der Waals surface area (Å²) in [7, 11) is 0. The summed E-state index contributed by atoms with van der Waals surface area (Å²) in [4.78, 5) is 0. The molecule has 0 radical (unpaired) electrons. The van der Waals surface area contributed by atoms with Gasteiger partial charge < -0.3 is 9.84 Å². The zero-order chi connectivity index (χ0) is 9.14. The average Bonchev–Trinajstić information content (AvgIpc) is 2.01. The number of aliphatic hydroxyl groups excluding tert-OH is 1. The molecule has 1 N–H and O–H groups in total. The molecule has 1 rings (SSSR count). The first kappa shape index (κ1) is 9.33. The Morgan fingerprint density at radius 3 is 2.83 bits per heavy atom. The monoisotopic (exact) mass is 168 g/mol. The molecule has 0 bridgehead atoms. The Kier molecular flexibility index (Phi) is 2.93. The molecule has 2 nitrogen and oxygen atoms in total.